The first-order valence-electron chi connectivity index (χ1n) is 6.72. The first-order chi connectivity index (χ1) is 10.1. The highest BCUT2D eigenvalue weighted by Crippen LogP contribution is 2.17. The van der Waals surface area contributed by atoms with Gasteiger partial charge in [-0.3, -0.25) is 14.5 Å². The summed E-state index contributed by atoms with van der Waals surface area (Å²) in [6.45, 7) is 2.24. The number of carbonyl (C=O) groups is 1. The van der Waals surface area contributed by atoms with E-state index >= 15 is 0 Å². The summed E-state index contributed by atoms with van der Waals surface area (Å²) >= 11 is 6.83. The van der Waals surface area contributed by atoms with E-state index in [4.69, 9.17) is 12.2 Å². The van der Waals surface area contributed by atoms with E-state index in [9.17, 15) is 4.79 Å². The smallest absolute Gasteiger partial charge is 0.244 e. The average molecular weight is 322 g/mol. The van der Waals surface area contributed by atoms with Gasteiger partial charge >= 0.3 is 0 Å². The second kappa shape index (κ2) is 7.42. The minimum atomic E-state index is -0.109. The van der Waals surface area contributed by atoms with E-state index in [0.29, 0.717) is 4.77 Å². The molecule has 0 bridgehead atoms. The molecule has 7 heteroatoms. The molecular formula is C14H18N4OS2. The van der Waals surface area contributed by atoms with Gasteiger partial charge in [-0.1, -0.05) is 6.92 Å². The monoisotopic (exact) mass is 322 g/mol. The fourth-order valence-electron chi connectivity index (χ4n) is 1.95. The van der Waals surface area contributed by atoms with Crippen molar-refractivity contribution in [3.63, 3.8) is 0 Å². The molecule has 1 heterocycles. The molecule has 5 nitrogen and oxygen atoms in total. The maximum Gasteiger partial charge on any atom is 0.244 e. The van der Waals surface area contributed by atoms with Gasteiger partial charge in [-0.2, -0.15) is 5.10 Å². The molecule has 21 heavy (non-hydrogen) atoms. The van der Waals surface area contributed by atoms with Gasteiger partial charge in [0.05, 0.1) is 0 Å². The third-order valence-corrected chi connectivity index (χ3v) is 4.04. The van der Waals surface area contributed by atoms with Crippen LogP contribution in [-0.4, -0.2) is 26.9 Å². The molecule has 1 aromatic heterocycles. The summed E-state index contributed by atoms with van der Waals surface area (Å²) in [5.41, 5.74) is 0.782. The van der Waals surface area contributed by atoms with Crippen LogP contribution >= 0.6 is 24.0 Å². The van der Waals surface area contributed by atoms with Crippen molar-refractivity contribution < 1.29 is 4.79 Å². The maximum atomic E-state index is 12.1. The summed E-state index contributed by atoms with van der Waals surface area (Å²) in [6, 6.07) is 7.75. The van der Waals surface area contributed by atoms with Gasteiger partial charge in [-0.05, 0) is 49.2 Å². The molecule has 2 rings (SSSR count). The van der Waals surface area contributed by atoms with E-state index in [2.05, 4.69) is 22.4 Å². The molecule has 2 aromatic rings. The molecule has 0 aliphatic heterocycles. The van der Waals surface area contributed by atoms with Gasteiger partial charge < -0.3 is 5.32 Å². The minimum absolute atomic E-state index is 0.109. The molecule has 0 radical (unpaired) electrons. The molecule has 0 fully saturated rings. The number of aryl methyl sites for hydroxylation is 1. The zero-order chi connectivity index (χ0) is 15.2. The second-order valence-corrected chi connectivity index (χ2v) is 5.82. The lowest BCUT2D eigenvalue weighted by atomic mass is 10.3. The van der Waals surface area contributed by atoms with Crippen LogP contribution in [0.25, 0.3) is 0 Å². The number of carbonyl (C=O) groups excluding carboxylic acids is 1. The Kier molecular flexibility index (Phi) is 5.58. The predicted octanol–water partition coefficient (Wildman–Crippen LogP) is 3.25. The molecule has 1 amide bonds. The summed E-state index contributed by atoms with van der Waals surface area (Å²) in [7, 11) is 0. The Balaban J connectivity index is 2.04. The van der Waals surface area contributed by atoms with Crippen LogP contribution in [0, 0.1) is 4.77 Å². The van der Waals surface area contributed by atoms with Crippen LogP contribution in [0.15, 0.2) is 29.2 Å². The van der Waals surface area contributed by atoms with Crippen molar-refractivity contribution in [1.29, 1.82) is 0 Å². The third kappa shape index (κ3) is 4.18. The molecule has 0 saturated heterocycles. The van der Waals surface area contributed by atoms with Gasteiger partial charge in [0.1, 0.15) is 12.4 Å². The highest BCUT2D eigenvalue weighted by atomic mass is 32.2. The highest BCUT2D eigenvalue weighted by Gasteiger charge is 2.10. The standard InChI is InChI=1S/C14H18N4OS2/c1-3-4-12-16-17-14(20)18(12)9-13(19)15-10-5-7-11(21-2)8-6-10/h5-8H,3-4,9H2,1-2H3,(H,15,19)(H,17,20). The SMILES string of the molecule is CCCc1n[nH]c(=S)n1CC(=O)Nc1ccc(SC)cc1. The number of nitrogens with one attached hydrogen (secondary N) is 2. The van der Waals surface area contributed by atoms with Crippen molar-refractivity contribution in [2.24, 2.45) is 0 Å². The van der Waals surface area contributed by atoms with Crippen LogP contribution in [0.1, 0.15) is 19.2 Å². The maximum absolute atomic E-state index is 12.1. The number of thioether (sulfide) groups is 1. The van der Waals surface area contributed by atoms with E-state index in [1.54, 1.807) is 16.3 Å². The van der Waals surface area contributed by atoms with Gasteiger partial charge in [-0.25, -0.2) is 0 Å². The number of benzene rings is 1. The second-order valence-electron chi connectivity index (χ2n) is 4.56. The molecule has 1 aromatic carbocycles. The van der Waals surface area contributed by atoms with Gasteiger partial charge in [0.15, 0.2) is 4.77 Å². The van der Waals surface area contributed by atoms with Crippen molar-refractivity contribution in [2.45, 2.75) is 31.2 Å². The number of anilines is 1. The number of H-pyrrole nitrogens is 1. The number of amides is 1. The van der Waals surface area contributed by atoms with Gasteiger partial charge in [-0.15, -0.1) is 11.8 Å². The van der Waals surface area contributed by atoms with E-state index in [1.165, 1.54) is 0 Å². The van der Waals surface area contributed by atoms with E-state index in [0.717, 1.165) is 29.2 Å². The molecule has 0 atom stereocenters. The van der Waals surface area contributed by atoms with E-state index in [-0.39, 0.29) is 12.5 Å². The summed E-state index contributed by atoms with van der Waals surface area (Å²) in [6.07, 6.45) is 3.77. The van der Waals surface area contributed by atoms with Gasteiger partial charge in [0.25, 0.3) is 0 Å². The summed E-state index contributed by atoms with van der Waals surface area (Å²) < 4.78 is 2.22. The molecular weight excluding hydrogens is 304 g/mol. The number of rotatable bonds is 6. The Morgan fingerprint density at radius 1 is 1.43 bits per heavy atom. The Labute approximate surface area is 133 Å². The number of aromatic amines is 1. The topological polar surface area (TPSA) is 62.7 Å². The van der Waals surface area contributed by atoms with Crippen molar-refractivity contribution >= 4 is 35.6 Å². The molecule has 0 unspecified atom stereocenters. The fourth-order valence-corrected chi connectivity index (χ4v) is 2.57. The molecule has 2 N–H and O–H groups in total. The van der Waals surface area contributed by atoms with E-state index < -0.39 is 0 Å². The normalized spacial score (nSPS) is 10.6. The van der Waals surface area contributed by atoms with Crippen LogP contribution in [-0.2, 0) is 17.8 Å². The first kappa shape index (κ1) is 15.8. The summed E-state index contributed by atoms with van der Waals surface area (Å²) in [5, 5.41) is 9.76. The minimum Gasteiger partial charge on any atom is -0.325 e. The summed E-state index contributed by atoms with van der Waals surface area (Å²) in [5.74, 6) is 0.706. The van der Waals surface area contributed by atoms with E-state index in [1.807, 2.05) is 30.5 Å². The molecule has 0 aliphatic carbocycles. The summed E-state index contributed by atoms with van der Waals surface area (Å²) in [4.78, 5) is 13.3. The third-order valence-electron chi connectivity index (χ3n) is 2.99. The van der Waals surface area contributed by atoms with Gasteiger partial charge in [0.2, 0.25) is 5.91 Å². The Morgan fingerprint density at radius 2 is 2.14 bits per heavy atom. The Bertz CT molecular complexity index is 660. The van der Waals surface area contributed by atoms with Crippen molar-refractivity contribution in [3.05, 3.63) is 34.9 Å². The van der Waals surface area contributed by atoms with Crippen molar-refractivity contribution in [1.82, 2.24) is 14.8 Å². The zero-order valence-electron chi connectivity index (χ0n) is 12.0. The van der Waals surface area contributed by atoms with Crippen LogP contribution < -0.4 is 5.32 Å². The molecule has 0 saturated carbocycles. The lowest BCUT2D eigenvalue weighted by Gasteiger charge is -2.08. The zero-order valence-corrected chi connectivity index (χ0v) is 13.7. The van der Waals surface area contributed by atoms with Gasteiger partial charge in [0, 0.05) is 17.0 Å². The first-order valence-corrected chi connectivity index (χ1v) is 8.35. The number of hydrogen-bond acceptors (Lipinski definition) is 4. The van der Waals surface area contributed by atoms with Crippen LogP contribution in [0.4, 0.5) is 5.69 Å². The highest BCUT2D eigenvalue weighted by molar-refractivity contribution is 7.98. The van der Waals surface area contributed by atoms with Crippen LogP contribution in [0.3, 0.4) is 0 Å². The average Bonchev–Trinajstić information content (AvgIpc) is 2.81. The lowest BCUT2D eigenvalue weighted by Crippen LogP contribution is -2.20. The quantitative estimate of drug-likeness (QED) is 0.633. The molecule has 0 aliphatic rings. The number of hydrogen-bond donors (Lipinski definition) is 2. The Morgan fingerprint density at radius 3 is 2.76 bits per heavy atom. The fraction of sp³-hybridized carbons (Fsp3) is 0.357. The van der Waals surface area contributed by atoms with Crippen LogP contribution in [0.2, 0.25) is 0 Å². The molecule has 0 spiro atoms. The largest absolute Gasteiger partial charge is 0.325 e. The number of nitrogens with zero attached hydrogens (tertiary/aromatic N) is 2. The van der Waals surface area contributed by atoms with Crippen molar-refractivity contribution in [2.75, 3.05) is 11.6 Å². The Hall–Kier alpha value is -1.60. The van der Waals surface area contributed by atoms with Crippen molar-refractivity contribution in [3.8, 4) is 0 Å². The molecule has 112 valence electrons. The number of aromatic nitrogens is 3. The lowest BCUT2D eigenvalue weighted by molar-refractivity contribution is -0.116. The predicted molar refractivity (Wildman–Crippen MR) is 88.3 cm³/mol. The van der Waals surface area contributed by atoms with Crippen LogP contribution in [0.5, 0.6) is 0 Å².